The molecule has 0 aliphatic heterocycles. The van der Waals surface area contributed by atoms with Crippen LogP contribution in [0.25, 0.3) is 0 Å². The van der Waals surface area contributed by atoms with E-state index in [0.717, 1.165) is 21.4 Å². The van der Waals surface area contributed by atoms with Crippen LogP contribution in [0, 0.1) is 11.3 Å². The molecule has 5 heteroatoms. The lowest BCUT2D eigenvalue weighted by atomic mass is 10.1. The van der Waals surface area contributed by atoms with E-state index < -0.39 is 0 Å². The monoisotopic (exact) mass is 302 g/mol. The zero-order valence-corrected chi connectivity index (χ0v) is 11.1. The Kier molecular flexibility index (Phi) is 3.80. The van der Waals surface area contributed by atoms with Crippen molar-refractivity contribution in [2.24, 2.45) is 0 Å². The van der Waals surface area contributed by atoms with Gasteiger partial charge >= 0.3 is 0 Å². The average molecular weight is 303 g/mol. The van der Waals surface area contributed by atoms with Gasteiger partial charge in [0.15, 0.2) is 0 Å². The Balaban J connectivity index is 2.22. The number of hydrogen-bond acceptors (Lipinski definition) is 4. The van der Waals surface area contributed by atoms with Crippen molar-refractivity contribution in [1.29, 1.82) is 5.26 Å². The van der Waals surface area contributed by atoms with Gasteiger partial charge in [0.2, 0.25) is 0 Å². The standard InChI is InChI=1S/C13H11BrN4/c14-11-7-17-8-12(16)13(11)18-10-3-1-9(2-4-10)5-6-15/h1-4,7-8H,5,16H2,(H,17,18). The van der Waals surface area contributed by atoms with E-state index in [4.69, 9.17) is 11.0 Å². The topological polar surface area (TPSA) is 74.7 Å². The summed E-state index contributed by atoms with van der Waals surface area (Å²) in [6, 6.07) is 9.77. The Hall–Kier alpha value is -2.06. The minimum Gasteiger partial charge on any atom is -0.396 e. The molecule has 0 radical (unpaired) electrons. The van der Waals surface area contributed by atoms with E-state index in [1.165, 1.54) is 0 Å². The Labute approximate surface area is 114 Å². The first-order valence-electron chi connectivity index (χ1n) is 5.32. The third-order valence-electron chi connectivity index (χ3n) is 2.44. The normalized spacial score (nSPS) is 9.78. The Morgan fingerprint density at radius 3 is 2.61 bits per heavy atom. The van der Waals surface area contributed by atoms with E-state index >= 15 is 0 Å². The molecular formula is C13H11BrN4. The lowest BCUT2D eigenvalue weighted by Crippen LogP contribution is -1.98. The second-order valence-corrected chi connectivity index (χ2v) is 4.60. The molecule has 2 rings (SSSR count). The van der Waals surface area contributed by atoms with Crippen LogP contribution >= 0.6 is 15.9 Å². The summed E-state index contributed by atoms with van der Waals surface area (Å²) in [7, 11) is 0. The van der Waals surface area contributed by atoms with Crippen molar-refractivity contribution in [2.75, 3.05) is 11.1 Å². The first-order valence-corrected chi connectivity index (χ1v) is 6.12. The number of rotatable bonds is 3. The predicted molar refractivity (Wildman–Crippen MR) is 75.4 cm³/mol. The molecule has 0 aliphatic carbocycles. The number of nitrogens with two attached hydrogens (primary N) is 1. The van der Waals surface area contributed by atoms with Crippen molar-refractivity contribution in [3.63, 3.8) is 0 Å². The molecule has 0 amide bonds. The van der Waals surface area contributed by atoms with Gasteiger partial charge < -0.3 is 11.1 Å². The number of benzene rings is 1. The molecule has 1 heterocycles. The van der Waals surface area contributed by atoms with Gasteiger partial charge in [-0.3, -0.25) is 4.98 Å². The average Bonchev–Trinajstić information content (AvgIpc) is 2.36. The predicted octanol–water partition coefficient (Wildman–Crippen LogP) is 3.24. The van der Waals surface area contributed by atoms with Crippen molar-refractivity contribution in [3.8, 4) is 6.07 Å². The highest BCUT2D eigenvalue weighted by atomic mass is 79.9. The minimum absolute atomic E-state index is 0.418. The Morgan fingerprint density at radius 1 is 1.28 bits per heavy atom. The van der Waals surface area contributed by atoms with Gasteiger partial charge in [0, 0.05) is 11.9 Å². The Bertz CT molecular complexity index is 567. The largest absolute Gasteiger partial charge is 0.396 e. The summed E-state index contributed by atoms with van der Waals surface area (Å²) in [4.78, 5) is 3.98. The van der Waals surface area contributed by atoms with E-state index in [1.807, 2.05) is 24.3 Å². The third-order valence-corrected chi connectivity index (χ3v) is 3.04. The molecule has 0 fully saturated rings. The SMILES string of the molecule is N#CCc1ccc(Nc2c(N)cncc2Br)cc1. The lowest BCUT2D eigenvalue weighted by Gasteiger charge is -2.11. The van der Waals surface area contributed by atoms with Crippen molar-refractivity contribution >= 4 is 33.0 Å². The van der Waals surface area contributed by atoms with Crippen LogP contribution in [0.3, 0.4) is 0 Å². The van der Waals surface area contributed by atoms with Gasteiger partial charge in [-0.1, -0.05) is 12.1 Å². The fourth-order valence-electron chi connectivity index (χ4n) is 1.52. The molecule has 0 saturated heterocycles. The zero-order chi connectivity index (χ0) is 13.0. The number of halogens is 1. The van der Waals surface area contributed by atoms with Crippen molar-refractivity contribution in [3.05, 3.63) is 46.7 Å². The third kappa shape index (κ3) is 2.79. The highest BCUT2D eigenvalue weighted by molar-refractivity contribution is 9.10. The molecule has 0 aliphatic rings. The molecule has 0 unspecified atom stereocenters. The summed E-state index contributed by atoms with van der Waals surface area (Å²) >= 11 is 3.40. The highest BCUT2D eigenvalue weighted by Crippen LogP contribution is 2.30. The number of nitrogen functional groups attached to an aromatic ring is 1. The summed E-state index contributed by atoms with van der Waals surface area (Å²) in [5, 5.41) is 11.8. The van der Waals surface area contributed by atoms with Gasteiger partial charge in [0.25, 0.3) is 0 Å². The van der Waals surface area contributed by atoms with Crippen LogP contribution < -0.4 is 11.1 Å². The van der Waals surface area contributed by atoms with E-state index in [-0.39, 0.29) is 0 Å². The number of hydrogen-bond donors (Lipinski definition) is 2. The summed E-state index contributed by atoms with van der Waals surface area (Å²) in [6.07, 6.45) is 3.70. The first-order chi connectivity index (χ1) is 8.70. The molecule has 0 bridgehead atoms. The van der Waals surface area contributed by atoms with Gasteiger partial charge in [0.05, 0.1) is 34.5 Å². The van der Waals surface area contributed by atoms with Gasteiger partial charge in [-0.05, 0) is 33.6 Å². The molecule has 0 saturated carbocycles. The molecular weight excluding hydrogens is 292 g/mol. The van der Waals surface area contributed by atoms with E-state index in [2.05, 4.69) is 32.3 Å². The van der Waals surface area contributed by atoms with Crippen LogP contribution in [0.2, 0.25) is 0 Å². The van der Waals surface area contributed by atoms with Crippen molar-refractivity contribution in [2.45, 2.75) is 6.42 Å². The molecule has 1 aromatic heterocycles. The molecule has 90 valence electrons. The number of nitriles is 1. The van der Waals surface area contributed by atoms with E-state index in [1.54, 1.807) is 12.4 Å². The summed E-state index contributed by atoms with van der Waals surface area (Å²) in [6.45, 7) is 0. The molecule has 2 aromatic rings. The Morgan fingerprint density at radius 2 is 2.00 bits per heavy atom. The van der Waals surface area contributed by atoms with Crippen LogP contribution in [-0.2, 0) is 6.42 Å². The van der Waals surface area contributed by atoms with Crippen LogP contribution in [0.5, 0.6) is 0 Å². The van der Waals surface area contributed by atoms with Gasteiger partial charge in [-0.2, -0.15) is 5.26 Å². The smallest absolute Gasteiger partial charge is 0.0794 e. The van der Waals surface area contributed by atoms with E-state index in [0.29, 0.717) is 12.1 Å². The number of anilines is 3. The fourth-order valence-corrected chi connectivity index (χ4v) is 1.97. The number of nitrogens with zero attached hydrogens (tertiary/aromatic N) is 2. The molecule has 4 nitrogen and oxygen atoms in total. The first kappa shape index (κ1) is 12.4. The van der Waals surface area contributed by atoms with Gasteiger partial charge in [-0.25, -0.2) is 0 Å². The molecule has 0 atom stereocenters. The molecule has 18 heavy (non-hydrogen) atoms. The second-order valence-electron chi connectivity index (χ2n) is 3.74. The summed E-state index contributed by atoms with van der Waals surface area (Å²) in [5.74, 6) is 0. The maximum Gasteiger partial charge on any atom is 0.0794 e. The van der Waals surface area contributed by atoms with Crippen molar-refractivity contribution < 1.29 is 0 Å². The molecule has 3 N–H and O–H groups in total. The van der Waals surface area contributed by atoms with Crippen LogP contribution in [0.1, 0.15) is 5.56 Å². The fraction of sp³-hybridized carbons (Fsp3) is 0.0769. The highest BCUT2D eigenvalue weighted by Gasteiger charge is 2.04. The summed E-state index contributed by atoms with van der Waals surface area (Å²) < 4.78 is 0.809. The number of nitrogens with one attached hydrogen (secondary N) is 1. The second kappa shape index (κ2) is 5.52. The van der Waals surface area contributed by atoms with Gasteiger partial charge in [-0.15, -0.1) is 0 Å². The molecule has 1 aromatic carbocycles. The van der Waals surface area contributed by atoms with Crippen LogP contribution in [0.4, 0.5) is 17.1 Å². The van der Waals surface area contributed by atoms with Gasteiger partial charge in [0.1, 0.15) is 0 Å². The number of pyridine rings is 1. The van der Waals surface area contributed by atoms with Crippen LogP contribution in [-0.4, -0.2) is 4.98 Å². The van der Waals surface area contributed by atoms with E-state index in [9.17, 15) is 0 Å². The lowest BCUT2D eigenvalue weighted by molar-refractivity contribution is 1.26. The summed E-state index contributed by atoms with van der Waals surface area (Å²) in [5.41, 5.74) is 9.12. The maximum absolute atomic E-state index is 8.60. The quantitative estimate of drug-likeness (QED) is 0.913. The molecule has 0 spiro atoms. The number of aromatic nitrogens is 1. The maximum atomic E-state index is 8.60. The zero-order valence-electron chi connectivity index (χ0n) is 9.52. The van der Waals surface area contributed by atoms with Crippen molar-refractivity contribution in [1.82, 2.24) is 4.98 Å². The minimum atomic E-state index is 0.418. The van der Waals surface area contributed by atoms with Crippen LogP contribution in [0.15, 0.2) is 41.1 Å².